The molecule has 0 aromatic heterocycles. The number of nitrogens with zero attached hydrogens (tertiary/aromatic N) is 1. The average Bonchev–Trinajstić information content (AvgIpc) is 2.15. The fraction of sp³-hybridized carbons (Fsp3) is 0.400. The van der Waals surface area contributed by atoms with Crippen molar-refractivity contribution >= 4 is 11.4 Å². The van der Waals surface area contributed by atoms with Crippen LogP contribution >= 0.6 is 0 Å². The Bertz CT molecular complexity index is 272. The Morgan fingerprint density at radius 1 is 1.29 bits per heavy atom. The number of hydrogen-bond donors (Lipinski definition) is 1. The van der Waals surface area contributed by atoms with Crippen molar-refractivity contribution < 1.29 is 8.78 Å². The molecule has 14 heavy (non-hydrogen) atoms. The Morgan fingerprint density at radius 2 is 1.86 bits per heavy atom. The molecule has 0 aliphatic rings. The van der Waals surface area contributed by atoms with Crippen LogP contribution in [0.5, 0.6) is 0 Å². The maximum absolute atomic E-state index is 12.2. The molecule has 4 heteroatoms. The van der Waals surface area contributed by atoms with Crippen LogP contribution in [0, 0.1) is 0 Å². The molecule has 0 fully saturated rings. The Labute approximate surface area is 82.3 Å². The van der Waals surface area contributed by atoms with E-state index in [1.165, 1.54) is 0 Å². The molecule has 0 unspecified atom stereocenters. The highest BCUT2D eigenvalue weighted by molar-refractivity contribution is 5.53. The Balaban J connectivity index is 2.73. The third kappa shape index (κ3) is 2.87. The van der Waals surface area contributed by atoms with E-state index >= 15 is 0 Å². The number of anilines is 2. The smallest absolute Gasteiger partial charge is 0.255 e. The van der Waals surface area contributed by atoms with Gasteiger partial charge < -0.3 is 10.6 Å². The van der Waals surface area contributed by atoms with E-state index in [9.17, 15) is 8.78 Å². The van der Waals surface area contributed by atoms with Gasteiger partial charge in [-0.2, -0.15) is 0 Å². The highest BCUT2D eigenvalue weighted by atomic mass is 19.3. The molecule has 0 amide bonds. The van der Waals surface area contributed by atoms with Crippen molar-refractivity contribution in [1.29, 1.82) is 0 Å². The van der Waals surface area contributed by atoms with Crippen molar-refractivity contribution in [3.05, 3.63) is 24.3 Å². The molecular formula is C10H14F2N2. The molecular weight excluding hydrogens is 186 g/mol. The van der Waals surface area contributed by atoms with Gasteiger partial charge in [-0.1, -0.05) is 0 Å². The number of nitrogen functional groups attached to an aromatic ring is 1. The second-order valence-corrected chi connectivity index (χ2v) is 3.02. The lowest BCUT2D eigenvalue weighted by Crippen LogP contribution is -2.28. The summed E-state index contributed by atoms with van der Waals surface area (Å²) in [5, 5.41) is 0. The van der Waals surface area contributed by atoms with E-state index in [-0.39, 0.29) is 6.54 Å². The Kier molecular flexibility index (Phi) is 3.68. The molecule has 2 N–H and O–H groups in total. The molecule has 1 aromatic rings. The fourth-order valence-electron chi connectivity index (χ4n) is 1.27. The van der Waals surface area contributed by atoms with Crippen molar-refractivity contribution in [2.75, 3.05) is 23.7 Å². The van der Waals surface area contributed by atoms with E-state index in [0.717, 1.165) is 5.69 Å². The first-order valence-corrected chi connectivity index (χ1v) is 4.52. The maximum atomic E-state index is 12.2. The van der Waals surface area contributed by atoms with Crippen LogP contribution in [0.3, 0.4) is 0 Å². The van der Waals surface area contributed by atoms with E-state index in [1.54, 1.807) is 29.2 Å². The van der Waals surface area contributed by atoms with Gasteiger partial charge in [0, 0.05) is 17.9 Å². The Morgan fingerprint density at radius 3 is 2.29 bits per heavy atom. The standard InChI is InChI=1S/C10H14F2N2/c1-2-14(7-10(11)12)9-5-3-8(13)4-6-9/h3-6,10H,2,7,13H2,1H3. The molecule has 0 heterocycles. The van der Waals surface area contributed by atoms with Crippen LogP contribution in [-0.2, 0) is 0 Å². The van der Waals surface area contributed by atoms with E-state index < -0.39 is 6.43 Å². The van der Waals surface area contributed by atoms with E-state index in [4.69, 9.17) is 5.73 Å². The number of rotatable bonds is 4. The first-order valence-electron chi connectivity index (χ1n) is 4.52. The van der Waals surface area contributed by atoms with Gasteiger partial charge in [0.25, 0.3) is 6.43 Å². The van der Waals surface area contributed by atoms with Crippen molar-refractivity contribution in [3.8, 4) is 0 Å². The van der Waals surface area contributed by atoms with Crippen LogP contribution < -0.4 is 10.6 Å². The molecule has 0 bridgehead atoms. The normalized spacial score (nSPS) is 10.6. The van der Waals surface area contributed by atoms with Gasteiger partial charge in [-0.3, -0.25) is 0 Å². The predicted molar refractivity (Wildman–Crippen MR) is 54.7 cm³/mol. The molecule has 0 spiro atoms. The summed E-state index contributed by atoms with van der Waals surface area (Å²) in [6, 6.07) is 6.93. The minimum absolute atomic E-state index is 0.236. The van der Waals surface area contributed by atoms with Crippen molar-refractivity contribution in [3.63, 3.8) is 0 Å². The van der Waals surface area contributed by atoms with Crippen molar-refractivity contribution in [2.45, 2.75) is 13.3 Å². The van der Waals surface area contributed by atoms with Gasteiger partial charge in [0.1, 0.15) is 0 Å². The van der Waals surface area contributed by atoms with Crippen LogP contribution in [0.1, 0.15) is 6.92 Å². The van der Waals surface area contributed by atoms with E-state index in [2.05, 4.69) is 0 Å². The van der Waals surface area contributed by atoms with Gasteiger partial charge in [0.05, 0.1) is 6.54 Å². The van der Waals surface area contributed by atoms with Crippen LogP contribution in [0.2, 0.25) is 0 Å². The van der Waals surface area contributed by atoms with E-state index in [0.29, 0.717) is 12.2 Å². The molecule has 1 rings (SSSR count). The zero-order valence-electron chi connectivity index (χ0n) is 8.08. The lowest BCUT2D eigenvalue weighted by atomic mass is 10.2. The summed E-state index contributed by atoms with van der Waals surface area (Å²) in [7, 11) is 0. The zero-order chi connectivity index (χ0) is 10.6. The van der Waals surface area contributed by atoms with Gasteiger partial charge in [-0.05, 0) is 31.2 Å². The fourth-order valence-corrected chi connectivity index (χ4v) is 1.27. The summed E-state index contributed by atoms with van der Waals surface area (Å²) in [5.74, 6) is 0. The van der Waals surface area contributed by atoms with Crippen LogP contribution in [-0.4, -0.2) is 19.5 Å². The zero-order valence-corrected chi connectivity index (χ0v) is 8.08. The van der Waals surface area contributed by atoms with Gasteiger partial charge in [0.15, 0.2) is 0 Å². The molecule has 1 aromatic carbocycles. The number of nitrogens with two attached hydrogens (primary N) is 1. The minimum atomic E-state index is -2.31. The molecule has 0 saturated heterocycles. The van der Waals surface area contributed by atoms with Crippen molar-refractivity contribution in [1.82, 2.24) is 0 Å². The number of hydrogen-bond acceptors (Lipinski definition) is 2. The van der Waals surface area contributed by atoms with Gasteiger partial charge >= 0.3 is 0 Å². The molecule has 2 nitrogen and oxygen atoms in total. The molecule has 0 aliphatic heterocycles. The topological polar surface area (TPSA) is 29.3 Å². The molecule has 0 aliphatic carbocycles. The van der Waals surface area contributed by atoms with Gasteiger partial charge in [-0.15, -0.1) is 0 Å². The first kappa shape index (κ1) is 10.8. The molecule has 78 valence electrons. The second kappa shape index (κ2) is 4.79. The lowest BCUT2D eigenvalue weighted by Gasteiger charge is -2.22. The third-order valence-electron chi connectivity index (χ3n) is 2.00. The summed E-state index contributed by atoms with van der Waals surface area (Å²) in [6.07, 6.45) is -2.31. The summed E-state index contributed by atoms with van der Waals surface area (Å²) in [6.45, 7) is 2.17. The van der Waals surface area contributed by atoms with Crippen molar-refractivity contribution in [2.24, 2.45) is 0 Å². The van der Waals surface area contributed by atoms with Crippen LogP contribution in [0.15, 0.2) is 24.3 Å². The largest absolute Gasteiger partial charge is 0.399 e. The predicted octanol–water partition coefficient (Wildman–Crippen LogP) is 2.36. The number of benzene rings is 1. The van der Waals surface area contributed by atoms with Crippen LogP contribution in [0.4, 0.5) is 20.2 Å². The summed E-state index contributed by atoms with van der Waals surface area (Å²) in [5.41, 5.74) is 6.92. The van der Waals surface area contributed by atoms with Gasteiger partial charge in [-0.25, -0.2) is 8.78 Å². The van der Waals surface area contributed by atoms with Gasteiger partial charge in [0.2, 0.25) is 0 Å². The summed E-state index contributed by atoms with van der Waals surface area (Å²) in [4.78, 5) is 1.62. The average molecular weight is 200 g/mol. The third-order valence-corrected chi connectivity index (χ3v) is 2.00. The van der Waals surface area contributed by atoms with E-state index in [1.807, 2.05) is 6.92 Å². The minimum Gasteiger partial charge on any atom is -0.399 e. The maximum Gasteiger partial charge on any atom is 0.255 e. The summed E-state index contributed by atoms with van der Waals surface area (Å²) < 4.78 is 24.3. The Hall–Kier alpha value is -1.32. The quantitative estimate of drug-likeness (QED) is 0.756. The second-order valence-electron chi connectivity index (χ2n) is 3.02. The lowest BCUT2D eigenvalue weighted by molar-refractivity contribution is 0.155. The first-order chi connectivity index (χ1) is 6.63. The number of halogens is 2. The highest BCUT2D eigenvalue weighted by Gasteiger charge is 2.10. The molecule has 0 radical (unpaired) electrons. The summed E-state index contributed by atoms with van der Waals surface area (Å²) >= 11 is 0. The SMILES string of the molecule is CCN(CC(F)F)c1ccc(N)cc1. The molecule has 0 atom stereocenters. The highest BCUT2D eigenvalue weighted by Crippen LogP contribution is 2.16. The number of alkyl halides is 2. The monoisotopic (exact) mass is 200 g/mol. The van der Waals surface area contributed by atoms with Crippen LogP contribution in [0.25, 0.3) is 0 Å². The molecule has 0 saturated carbocycles.